The van der Waals surface area contributed by atoms with Crippen molar-refractivity contribution in [1.29, 1.82) is 0 Å². The number of nitrogens with one attached hydrogen (secondary N) is 2. The minimum Gasteiger partial charge on any atom is -0.507 e. The van der Waals surface area contributed by atoms with Gasteiger partial charge in [-0.15, -0.1) is 0 Å². The number of carbonyl (C=O) groups is 1. The number of nitrogens with zero attached hydrogens (tertiary/aromatic N) is 2. The summed E-state index contributed by atoms with van der Waals surface area (Å²) in [6, 6.07) is 12.0. The molecular weight excluding hydrogens is 436 g/mol. The van der Waals surface area contributed by atoms with Gasteiger partial charge in [0.15, 0.2) is 0 Å². The highest BCUT2D eigenvalue weighted by Crippen LogP contribution is 2.40. The lowest BCUT2D eigenvalue weighted by Gasteiger charge is -2.28. The Balaban J connectivity index is 1.67. The average Bonchev–Trinajstić information content (AvgIpc) is 3.29. The van der Waals surface area contributed by atoms with Gasteiger partial charge >= 0.3 is 6.03 Å². The van der Waals surface area contributed by atoms with Crippen LogP contribution in [0, 0.1) is 0 Å². The maximum Gasteiger partial charge on any atom is 0.319 e. The molecule has 6 heteroatoms. The largest absolute Gasteiger partial charge is 0.507 e. The first kappa shape index (κ1) is 26.3. The standard InChI is InChI=1S/C29H40N4O2/c1-28(2,3)23-18-21(19-24(26(23)34)29(4,5)6)12-13-22-10-7-8-11-25(22)32-27(35)31-14-9-16-33-17-15-30-20-33/h7-8,10-11,15,17-20,34H,9,12-14,16H2,1-6H3,(H2,31,32,35). The normalized spacial score (nSPS) is 11.9. The van der Waals surface area contributed by atoms with Gasteiger partial charge in [-0.1, -0.05) is 71.9 Å². The molecule has 1 heterocycles. The van der Waals surface area contributed by atoms with Crippen LogP contribution in [-0.4, -0.2) is 27.2 Å². The van der Waals surface area contributed by atoms with Crippen LogP contribution in [0.2, 0.25) is 0 Å². The van der Waals surface area contributed by atoms with Crippen molar-refractivity contribution in [2.24, 2.45) is 0 Å². The number of imidazole rings is 1. The molecule has 3 rings (SSSR count). The number of urea groups is 1. The van der Waals surface area contributed by atoms with Crippen molar-refractivity contribution in [3.63, 3.8) is 0 Å². The number of hydrogen-bond donors (Lipinski definition) is 3. The fraction of sp³-hybridized carbons (Fsp3) is 0.448. The summed E-state index contributed by atoms with van der Waals surface area (Å²) in [5, 5.41) is 16.9. The molecule has 0 bridgehead atoms. The summed E-state index contributed by atoms with van der Waals surface area (Å²) < 4.78 is 1.99. The summed E-state index contributed by atoms with van der Waals surface area (Å²) in [6.07, 6.45) is 7.88. The highest BCUT2D eigenvalue weighted by Gasteiger charge is 2.26. The van der Waals surface area contributed by atoms with Crippen LogP contribution in [0.3, 0.4) is 0 Å². The van der Waals surface area contributed by atoms with Gasteiger partial charge in [0.05, 0.1) is 6.33 Å². The molecule has 3 N–H and O–H groups in total. The number of aromatic hydroxyl groups is 1. The summed E-state index contributed by atoms with van der Waals surface area (Å²) in [5.41, 5.74) is 4.74. The van der Waals surface area contributed by atoms with Gasteiger partial charge in [0.25, 0.3) is 0 Å². The second kappa shape index (κ2) is 11.0. The molecule has 2 aromatic carbocycles. The van der Waals surface area contributed by atoms with Crippen molar-refractivity contribution in [1.82, 2.24) is 14.9 Å². The van der Waals surface area contributed by atoms with Crippen molar-refractivity contribution in [2.75, 3.05) is 11.9 Å². The fourth-order valence-electron chi connectivity index (χ4n) is 4.17. The smallest absolute Gasteiger partial charge is 0.319 e. The lowest BCUT2D eigenvalue weighted by molar-refractivity contribution is 0.252. The minimum atomic E-state index is -0.197. The van der Waals surface area contributed by atoms with Gasteiger partial charge in [0.1, 0.15) is 5.75 Å². The number of phenols is 1. The van der Waals surface area contributed by atoms with Gasteiger partial charge in [-0.3, -0.25) is 0 Å². The first-order valence-electron chi connectivity index (χ1n) is 12.4. The zero-order chi connectivity index (χ0) is 25.6. The summed E-state index contributed by atoms with van der Waals surface area (Å²) in [4.78, 5) is 16.5. The lowest BCUT2D eigenvalue weighted by Crippen LogP contribution is -2.30. The molecule has 188 valence electrons. The number of para-hydroxylation sites is 1. The third kappa shape index (κ3) is 7.35. The van der Waals surface area contributed by atoms with E-state index in [-0.39, 0.29) is 16.9 Å². The van der Waals surface area contributed by atoms with Crippen LogP contribution in [-0.2, 0) is 30.2 Å². The van der Waals surface area contributed by atoms with E-state index in [2.05, 4.69) is 75.4 Å². The number of amides is 2. The van der Waals surface area contributed by atoms with E-state index in [1.54, 1.807) is 12.5 Å². The first-order valence-corrected chi connectivity index (χ1v) is 12.4. The Labute approximate surface area is 209 Å². The number of phenolic OH excluding ortho intramolecular Hbond substituents is 1. The van der Waals surface area contributed by atoms with Gasteiger partial charge in [-0.25, -0.2) is 9.78 Å². The molecule has 0 aliphatic heterocycles. The predicted octanol–water partition coefficient (Wildman–Crippen LogP) is 6.18. The van der Waals surface area contributed by atoms with Crippen molar-refractivity contribution in [3.05, 3.63) is 77.4 Å². The summed E-state index contributed by atoms with van der Waals surface area (Å²) in [7, 11) is 0. The molecule has 0 unspecified atom stereocenters. The number of anilines is 1. The Morgan fingerprint density at radius 2 is 1.66 bits per heavy atom. The highest BCUT2D eigenvalue weighted by molar-refractivity contribution is 5.90. The SMILES string of the molecule is CC(C)(C)c1cc(CCc2ccccc2NC(=O)NCCCn2ccnc2)cc(C(C)(C)C)c1O. The average molecular weight is 477 g/mol. The van der Waals surface area contributed by atoms with E-state index in [0.717, 1.165) is 48.2 Å². The Morgan fingerprint density at radius 1 is 1.00 bits per heavy atom. The molecule has 0 radical (unpaired) electrons. The van der Waals surface area contributed by atoms with Gasteiger partial charge < -0.3 is 20.3 Å². The predicted molar refractivity (Wildman–Crippen MR) is 143 cm³/mol. The molecule has 0 saturated carbocycles. The summed E-state index contributed by atoms with van der Waals surface area (Å²) in [5.74, 6) is 0.403. The molecule has 0 fully saturated rings. The second-order valence-electron chi connectivity index (χ2n) is 11.2. The molecule has 0 saturated heterocycles. The molecular formula is C29H40N4O2. The molecule has 0 aliphatic carbocycles. The van der Waals surface area contributed by atoms with Gasteiger partial charge in [0.2, 0.25) is 0 Å². The van der Waals surface area contributed by atoms with Crippen molar-refractivity contribution < 1.29 is 9.90 Å². The number of hydrogen-bond acceptors (Lipinski definition) is 3. The molecule has 0 atom stereocenters. The number of benzene rings is 2. The Kier molecular flexibility index (Phi) is 8.26. The van der Waals surface area contributed by atoms with E-state index in [1.165, 1.54) is 5.56 Å². The third-order valence-electron chi connectivity index (χ3n) is 6.17. The molecule has 0 spiro atoms. The van der Waals surface area contributed by atoms with Crippen LogP contribution in [0.25, 0.3) is 0 Å². The van der Waals surface area contributed by atoms with E-state index in [0.29, 0.717) is 12.3 Å². The van der Waals surface area contributed by atoms with Gasteiger partial charge in [-0.2, -0.15) is 0 Å². The van der Waals surface area contributed by atoms with Crippen LogP contribution >= 0.6 is 0 Å². The Morgan fingerprint density at radius 3 is 2.26 bits per heavy atom. The molecule has 0 aliphatic rings. The monoisotopic (exact) mass is 476 g/mol. The van der Waals surface area contributed by atoms with Crippen LogP contribution in [0.5, 0.6) is 5.75 Å². The zero-order valence-electron chi connectivity index (χ0n) is 22.0. The van der Waals surface area contributed by atoms with Crippen molar-refractivity contribution in [3.8, 4) is 5.75 Å². The van der Waals surface area contributed by atoms with Crippen molar-refractivity contribution >= 4 is 11.7 Å². The maximum absolute atomic E-state index is 12.5. The quantitative estimate of drug-likeness (QED) is 0.340. The number of aryl methyl sites for hydroxylation is 3. The lowest BCUT2D eigenvalue weighted by atomic mass is 9.78. The highest BCUT2D eigenvalue weighted by atomic mass is 16.3. The Bertz CT molecular complexity index is 1090. The molecule has 3 aromatic rings. The van der Waals surface area contributed by atoms with Crippen LogP contribution in [0.4, 0.5) is 10.5 Å². The maximum atomic E-state index is 12.5. The van der Waals surface area contributed by atoms with Gasteiger partial charge in [-0.05, 0) is 58.4 Å². The van der Waals surface area contributed by atoms with Gasteiger partial charge in [0, 0.05) is 31.2 Å². The molecule has 35 heavy (non-hydrogen) atoms. The van der Waals surface area contributed by atoms with Crippen LogP contribution in [0.1, 0.15) is 70.2 Å². The van der Waals surface area contributed by atoms with E-state index in [1.807, 2.05) is 29.0 Å². The number of rotatable bonds is 8. The fourth-order valence-corrected chi connectivity index (χ4v) is 4.17. The Hall–Kier alpha value is -3.28. The first-order chi connectivity index (χ1) is 16.4. The second-order valence-corrected chi connectivity index (χ2v) is 11.2. The summed E-state index contributed by atoms with van der Waals surface area (Å²) in [6.45, 7) is 14.2. The number of aromatic nitrogens is 2. The van der Waals surface area contributed by atoms with Crippen molar-refractivity contribution in [2.45, 2.75) is 78.2 Å². The van der Waals surface area contributed by atoms with E-state index < -0.39 is 0 Å². The summed E-state index contributed by atoms with van der Waals surface area (Å²) >= 11 is 0. The third-order valence-corrected chi connectivity index (χ3v) is 6.17. The molecule has 1 aromatic heterocycles. The van der Waals surface area contributed by atoms with E-state index in [4.69, 9.17) is 0 Å². The molecule has 2 amide bonds. The zero-order valence-corrected chi connectivity index (χ0v) is 22.0. The minimum absolute atomic E-state index is 0.157. The topological polar surface area (TPSA) is 79.2 Å². The van der Waals surface area contributed by atoms with Crippen LogP contribution < -0.4 is 10.6 Å². The van der Waals surface area contributed by atoms with Crippen LogP contribution in [0.15, 0.2) is 55.1 Å². The molecule has 6 nitrogen and oxygen atoms in total. The number of carbonyl (C=O) groups excluding carboxylic acids is 1. The van der Waals surface area contributed by atoms with E-state index >= 15 is 0 Å². The van der Waals surface area contributed by atoms with E-state index in [9.17, 15) is 9.90 Å².